The van der Waals surface area contributed by atoms with Crippen LogP contribution in [0.5, 0.6) is 5.75 Å². The summed E-state index contributed by atoms with van der Waals surface area (Å²) in [6.07, 6.45) is 15.8. The van der Waals surface area contributed by atoms with Gasteiger partial charge >= 0.3 is 25.4 Å². The second-order valence-corrected chi connectivity index (χ2v) is 37.4. The van der Waals surface area contributed by atoms with E-state index in [1.165, 1.54) is 6.42 Å². The molecule has 4 amide bonds. The number of aromatic nitrogens is 8. The highest BCUT2D eigenvalue weighted by atomic mass is 79.9. The molecule has 0 spiro atoms. The zero-order valence-corrected chi connectivity index (χ0v) is 77.4. The number of para-hydroxylation sites is 1. The van der Waals surface area contributed by atoms with Gasteiger partial charge in [-0.3, -0.25) is 34.2 Å². The first-order valence-electron chi connectivity index (χ1n) is 39.4. The standard InChI is InChI=1S/C27H27ClN6O3.C15H26BNO4.C14H19ClN2O2.C14H17ClN2O2.C9H11ClN2.C5H3BrClN.C2H4Cl2/c1-3-34(19-7-5-4-6-8-19)24-23(21-12-13-32(2)31-21)30-26(36)22(25(24)35)27(37)33-14-11-17(16-33)20-10-9-18(28)15-29-20;1-13(2,3)19-12(18)17-9-8-11(10-17)16-20-14(4,5)15(6,7)21-16;2*1-14(2,3)19-13(18)17-7-6-10(9-17)12-5-4-11(15)8-16-12;10-8-1-2-9(12-6-8)7-3-4-11-5-7;6-5-2-1-4(7)3-8-5;1-2(3)4/h4-10,12-13,15,17H,3,11,14,16H2,1-2H3,(H2,30,35,36);8H,9-10H2,1-7H3;4-5,8,10H,6-7,9H2,1-3H3;4-6,8H,7,9H2,1-3H3;1-2,6-7,11H,3-5H2;1-3H;2H,1H3. The number of ether oxygens (including phenoxy) is 3. The fraction of sp³-hybridized carbons (Fsp3) is 0.453. The third-order valence-corrected chi connectivity index (χ3v) is 20.9. The number of carbonyl (C=O) groups excluding carboxylic acids is 4. The fourth-order valence-electron chi connectivity index (χ4n) is 12.8. The summed E-state index contributed by atoms with van der Waals surface area (Å²) in [4.78, 5) is 95.1. The first kappa shape index (κ1) is 97.4. The van der Waals surface area contributed by atoms with Crippen LogP contribution in [0.4, 0.5) is 25.8 Å². The van der Waals surface area contributed by atoms with E-state index in [1.807, 2.05) is 181 Å². The van der Waals surface area contributed by atoms with Crippen LogP contribution in [0.1, 0.15) is 174 Å². The molecule has 14 rings (SSSR count). The Morgan fingerprint density at radius 3 is 1.50 bits per heavy atom. The average Bonchev–Trinajstić information content (AvgIpc) is 1.39. The Morgan fingerprint density at radius 2 is 1.07 bits per heavy atom. The summed E-state index contributed by atoms with van der Waals surface area (Å²) in [6.45, 7) is 35.4. The topological polar surface area (TPSA) is 278 Å². The molecule has 3 atom stereocenters. The van der Waals surface area contributed by atoms with E-state index >= 15 is 0 Å². The first-order valence-corrected chi connectivity index (χ1v) is 42.9. The van der Waals surface area contributed by atoms with Crippen LogP contribution in [0.25, 0.3) is 17.0 Å². The lowest BCUT2D eigenvalue weighted by Crippen LogP contribution is -2.41. The Labute approximate surface area is 747 Å². The Kier molecular flexibility index (Phi) is 35.6. The third-order valence-electron chi connectivity index (χ3n) is 19.4. The first-order chi connectivity index (χ1) is 56.4. The quantitative estimate of drug-likeness (QED) is 0.0496. The van der Waals surface area contributed by atoms with Gasteiger partial charge in [-0.15, -0.1) is 23.2 Å². The number of aromatic hydroxyl groups is 1. The van der Waals surface area contributed by atoms with E-state index in [0.717, 1.165) is 63.6 Å². The normalized spacial score (nSPS) is 17.7. The number of pyridine rings is 6. The van der Waals surface area contributed by atoms with Crippen molar-refractivity contribution >= 4 is 145 Å². The average molecular weight is 1850 g/mol. The van der Waals surface area contributed by atoms with Gasteiger partial charge in [0.1, 0.15) is 43.2 Å². The van der Waals surface area contributed by atoms with Crippen LogP contribution in [-0.4, -0.2) is 201 Å². The minimum absolute atomic E-state index is 0.0196. The van der Waals surface area contributed by atoms with Gasteiger partial charge in [0.05, 0.1) is 54.2 Å². The number of likely N-dealkylation sites (tertiary alicyclic amines) is 2. The zero-order valence-electron chi connectivity index (χ0n) is 70.6. The number of benzene rings is 1. The number of anilines is 2. The highest BCUT2D eigenvalue weighted by Crippen LogP contribution is 2.43. The highest BCUT2D eigenvalue weighted by Gasteiger charge is 2.53. The van der Waals surface area contributed by atoms with Crippen molar-refractivity contribution in [1.29, 1.82) is 0 Å². The number of H-pyrrole nitrogens is 1. The Morgan fingerprint density at radius 1 is 0.608 bits per heavy atom. The van der Waals surface area contributed by atoms with Crippen LogP contribution in [0.2, 0.25) is 25.1 Å². The number of hydrogen-bond donors (Lipinski definition) is 3. The van der Waals surface area contributed by atoms with Gasteiger partial charge in [-0.25, -0.2) is 19.4 Å². The molecule has 13 heterocycles. The molecule has 0 bridgehead atoms. The van der Waals surface area contributed by atoms with Crippen LogP contribution in [-0.2, 0) is 30.6 Å². The third kappa shape index (κ3) is 29.6. The molecule has 25 nitrogen and oxygen atoms in total. The molecule has 0 radical (unpaired) electrons. The molecule has 6 aliphatic heterocycles. The highest BCUT2D eigenvalue weighted by molar-refractivity contribution is 9.10. The molecule has 34 heteroatoms. The number of aromatic amines is 1. The molecule has 4 fully saturated rings. The van der Waals surface area contributed by atoms with Gasteiger partial charge in [-0.2, -0.15) is 5.10 Å². The van der Waals surface area contributed by atoms with Gasteiger partial charge in [0.2, 0.25) is 0 Å². The summed E-state index contributed by atoms with van der Waals surface area (Å²) in [5, 5.41) is 22.5. The van der Waals surface area contributed by atoms with Gasteiger partial charge in [0, 0.05) is 144 Å². The predicted molar refractivity (Wildman–Crippen MR) is 482 cm³/mol. The molecule has 8 aromatic rings. The summed E-state index contributed by atoms with van der Waals surface area (Å²) < 4.78 is 30.5. The lowest BCUT2D eigenvalue weighted by Gasteiger charge is -2.32. The van der Waals surface area contributed by atoms with Crippen molar-refractivity contribution < 1.29 is 47.8 Å². The number of carbonyl (C=O) groups is 4. The van der Waals surface area contributed by atoms with Crippen molar-refractivity contribution in [3.63, 3.8) is 0 Å². The molecule has 7 aromatic heterocycles. The maximum Gasteiger partial charge on any atom is 0.492 e. The van der Waals surface area contributed by atoms with Crippen LogP contribution >= 0.6 is 97.1 Å². The Bertz CT molecular complexity index is 4750. The molecule has 646 valence electrons. The monoisotopic (exact) mass is 1850 g/mol. The number of halogens is 8. The second-order valence-electron chi connectivity index (χ2n) is 32.9. The molecular weight excluding hydrogens is 1740 g/mol. The van der Waals surface area contributed by atoms with Crippen LogP contribution in [0, 0.1) is 0 Å². The van der Waals surface area contributed by atoms with E-state index in [-0.39, 0.29) is 64.6 Å². The van der Waals surface area contributed by atoms with Crippen molar-refractivity contribution in [1.82, 2.24) is 64.6 Å². The molecule has 120 heavy (non-hydrogen) atoms. The molecule has 6 aliphatic rings. The Balaban J connectivity index is 0.000000188. The fourth-order valence-corrected chi connectivity index (χ4v) is 13.6. The smallest absolute Gasteiger partial charge is 0.492 e. The van der Waals surface area contributed by atoms with Crippen LogP contribution in [0.15, 0.2) is 161 Å². The predicted octanol–water partition coefficient (Wildman–Crippen LogP) is 20.1. The van der Waals surface area contributed by atoms with Gasteiger partial charge < -0.3 is 63.4 Å². The molecule has 0 aliphatic carbocycles. The maximum absolute atomic E-state index is 13.6. The molecule has 3 unspecified atom stereocenters. The van der Waals surface area contributed by atoms with Crippen LogP contribution in [0.3, 0.4) is 0 Å². The van der Waals surface area contributed by atoms with E-state index < -0.39 is 28.3 Å². The number of hydrogen-bond acceptors (Lipinski definition) is 19. The van der Waals surface area contributed by atoms with Gasteiger partial charge in [-0.1, -0.05) is 88.4 Å². The van der Waals surface area contributed by atoms with Gasteiger partial charge in [0.25, 0.3) is 11.5 Å². The van der Waals surface area contributed by atoms with E-state index in [1.54, 1.807) is 106 Å². The minimum atomic E-state index is -0.663. The van der Waals surface area contributed by atoms with Crippen molar-refractivity contribution in [3.05, 3.63) is 220 Å². The number of amides is 4. The number of rotatable bonds is 10. The summed E-state index contributed by atoms with van der Waals surface area (Å²) in [7, 11) is 1.38. The summed E-state index contributed by atoms with van der Waals surface area (Å²) in [5.41, 5.74) is 4.69. The summed E-state index contributed by atoms with van der Waals surface area (Å²) >= 11 is 42.1. The number of alkyl halides is 2. The molecule has 1 aromatic carbocycles. The second kappa shape index (κ2) is 43.8. The Hall–Kier alpha value is -8.06. The van der Waals surface area contributed by atoms with E-state index in [9.17, 15) is 29.1 Å². The van der Waals surface area contributed by atoms with E-state index in [2.05, 4.69) is 56.2 Å². The van der Waals surface area contributed by atoms with E-state index in [0.29, 0.717) is 113 Å². The van der Waals surface area contributed by atoms with Crippen molar-refractivity contribution in [2.75, 3.05) is 76.9 Å². The summed E-state index contributed by atoms with van der Waals surface area (Å²) in [5.74, 6) is -0.0143. The molecule has 0 saturated carbocycles. The molecule has 4 saturated heterocycles. The molecular formula is C86H107BBrCl7N14O11. The number of aryl methyl sites for hydroxylation is 1. The maximum atomic E-state index is 13.6. The largest absolute Gasteiger partial charge is 0.505 e. The number of nitrogens with one attached hydrogen (secondary N) is 2. The van der Waals surface area contributed by atoms with Gasteiger partial charge in [-0.05, 0) is 236 Å². The lowest BCUT2D eigenvalue weighted by atomic mass is 9.79. The van der Waals surface area contributed by atoms with Crippen molar-refractivity contribution in [2.24, 2.45) is 7.05 Å². The van der Waals surface area contributed by atoms with Crippen molar-refractivity contribution in [3.8, 4) is 17.1 Å². The van der Waals surface area contributed by atoms with Crippen molar-refractivity contribution in [2.45, 2.75) is 174 Å². The van der Waals surface area contributed by atoms with Crippen LogP contribution < -0.4 is 15.8 Å². The minimum Gasteiger partial charge on any atom is -0.505 e. The zero-order chi connectivity index (χ0) is 88.2. The summed E-state index contributed by atoms with van der Waals surface area (Å²) in [6, 6.07) is 29.8. The SMILES string of the molecule is CC(C)(C)OC(=O)N1CC=C(B2OC(C)(C)C(C)(C)O2)C1.CC(C)(C)OC(=O)N1CC=C(c2ccc(Cl)cn2)C1.CC(C)(C)OC(=O)N1CCC(c2ccc(Cl)cn2)C1.CC(Cl)Cl.CCN(c1ccccc1)c1c(-c2ccn(C)n2)[nH]c(=O)c(C(=O)N2CCC(c3ccc(Cl)cn3)C2)c1O.Clc1ccc(Br)nc1.Clc1ccc(C2CCNC2)nc1. The molecule has 3 N–H and O–H groups in total. The number of nitrogens with zero attached hydrogens (tertiary/aromatic N) is 12. The lowest BCUT2D eigenvalue weighted by molar-refractivity contribution is 0.00578. The van der Waals surface area contributed by atoms with Gasteiger partial charge in [0.15, 0.2) is 5.75 Å². The van der Waals surface area contributed by atoms with E-state index in [4.69, 9.17) is 105 Å².